The number of hydrogen-bond acceptors (Lipinski definition) is 1. The Hall–Kier alpha value is -7.86. The molecule has 0 radical (unpaired) electrons. The number of para-hydroxylation sites is 4. The standard InChI is InChI=1S/C50H29N5/c1-52-34-21-26-42-40-12-4-8-16-47(40)55(50(42)28-34)36-24-20-33(31-51)43(29-36)32-18-22-35(23-19-32)53-48-17-9-5-13-41(48)44-30-37(25-27-49(44)53)54-45-14-6-2-10-38(45)39-11-3-7-15-46(39)54/h2-30H. The molecule has 55 heavy (non-hydrogen) atoms. The highest BCUT2D eigenvalue weighted by Crippen LogP contribution is 2.39. The van der Waals surface area contributed by atoms with Crippen LogP contribution in [0.1, 0.15) is 5.56 Å². The predicted molar refractivity (Wildman–Crippen MR) is 226 cm³/mol. The van der Waals surface area contributed by atoms with E-state index in [0.717, 1.165) is 61.0 Å². The largest absolute Gasteiger partial charge is 0.310 e. The first-order chi connectivity index (χ1) is 27.2. The van der Waals surface area contributed by atoms with Crippen LogP contribution in [0, 0.1) is 17.9 Å². The summed E-state index contributed by atoms with van der Waals surface area (Å²) in [6.07, 6.45) is 0. The first-order valence-electron chi connectivity index (χ1n) is 18.3. The fourth-order valence-electron chi connectivity index (χ4n) is 8.68. The number of hydrogen-bond donors (Lipinski definition) is 0. The second-order valence-corrected chi connectivity index (χ2v) is 14.0. The van der Waals surface area contributed by atoms with Crippen LogP contribution >= 0.6 is 0 Å². The normalized spacial score (nSPS) is 11.6. The van der Waals surface area contributed by atoms with Crippen LogP contribution in [0.15, 0.2) is 176 Å². The van der Waals surface area contributed by atoms with Gasteiger partial charge in [0.15, 0.2) is 5.69 Å². The topological polar surface area (TPSA) is 42.9 Å². The molecule has 0 N–H and O–H groups in total. The summed E-state index contributed by atoms with van der Waals surface area (Å²) in [4.78, 5) is 3.71. The lowest BCUT2D eigenvalue weighted by atomic mass is 9.99. The molecule has 8 aromatic carbocycles. The summed E-state index contributed by atoms with van der Waals surface area (Å²) >= 11 is 0. The number of fused-ring (bicyclic) bond motifs is 9. The Balaban J connectivity index is 1.05. The highest BCUT2D eigenvalue weighted by atomic mass is 15.0. The van der Waals surface area contributed by atoms with Crippen molar-refractivity contribution >= 4 is 71.1 Å². The van der Waals surface area contributed by atoms with Crippen LogP contribution in [0.5, 0.6) is 0 Å². The Bertz CT molecular complexity index is 3400. The van der Waals surface area contributed by atoms with Crippen molar-refractivity contribution in [1.82, 2.24) is 13.7 Å². The maximum atomic E-state index is 10.3. The highest BCUT2D eigenvalue weighted by molar-refractivity contribution is 6.13. The van der Waals surface area contributed by atoms with Gasteiger partial charge in [-0.2, -0.15) is 5.26 Å². The zero-order chi connectivity index (χ0) is 36.6. The third kappa shape index (κ3) is 4.51. The number of rotatable bonds is 4. The molecule has 0 aliphatic heterocycles. The molecule has 0 unspecified atom stereocenters. The second-order valence-electron chi connectivity index (χ2n) is 14.0. The molecule has 0 spiro atoms. The van der Waals surface area contributed by atoms with Crippen molar-refractivity contribution in [2.24, 2.45) is 0 Å². The summed E-state index contributed by atoms with van der Waals surface area (Å²) in [5, 5.41) is 17.3. The van der Waals surface area contributed by atoms with Crippen molar-refractivity contribution in [2.45, 2.75) is 0 Å². The van der Waals surface area contributed by atoms with Crippen LogP contribution in [0.2, 0.25) is 0 Å². The molecule has 3 heterocycles. The Morgan fingerprint density at radius 1 is 0.400 bits per heavy atom. The SMILES string of the molecule is [C-]#[N+]c1ccc2c3ccccc3n(-c3ccc(C#N)c(-c4ccc(-n5c6ccccc6c6cc(-n7c8ccccc8c8ccccc87)ccc65)cc4)c3)c2c1. The first-order valence-corrected chi connectivity index (χ1v) is 18.3. The molecule has 0 saturated heterocycles. The van der Waals surface area contributed by atoms with Crippen LogP contribution in [0.3, 0.4) is 0 Å². The van der Waals surface area contributed by atoms with Crippen LogP contribution < -0.4 is 0 Å². The van der Waals surface area contributed by atoms with Crippen molar-refractivity contribution in [1.29, 1.82) is 5.26 Å². The van der Waals surface area contributed by atoms with E-state index in [2.05, 4.69) is 158 Å². The summed E-state index contributed by atoms with van der Waals surface area (Å²) in [5.74, 6) is 0. The number of benzene rings is 8. The van der Waals surface area contributed by atoms with E-state index in [1.165, 1.54) is 32.6 Å². The van der Waals surface area contributed by atoms with Gasteiger partial charge in [0, 0.05) is 60.5 Å². The van der Waals surface area contributed by atoms with Crippen molar-refractivity contribution in [3.8, 4) is 34.3 Å². The van der Waals surface area contributed by atoms with Gasteiger partial charge in [0.25, 0.3) is 0 Å². The van der Waals surface area contributed by atoms with E-state index in [4.69, 9.17) is 6.57 Å². The van der Waals surface area contributed by atoms with E-state index in [9.17, 15) is 5.26 Å². The van der Waals surface area contributed by atoms with Crippen LogP contribution in [0.25, 0.3) is 98.5 Å². The minimum absolute atomic E-state index is 0.592. The minimum atomic E-state index is 0.592. The minimum Gasteiger partial charge on any atom is -0.310 e. The molecule has 0 saturated carbocycles. The third-order valence-corrected chi connectivity index (χ3v) is 11.1. The smallest absolute Gasteiger partial charge is 0.189 e. The van der Waals surface area contributed by atoms with E-state index in [1.807, 2.05) is 42.5 Å². The number of aromatic nitrogens is 3. The van der Waals surface area contributed by atoms with Gasteiger partial charge in [-0.05, 0) is 84.4 Å². The number of nitrogens with zero attached hydrogens (tertiary/aromatic N) is 5. The molecular formula is C50H29N5. The van der Waals surface area contributed by atoms with E-state index >= 15 is 0 Å². The summed E-state index contributed by atoms with van der Waals surface area (Å²) in [5.41, 5.74) is 12.8. The molecule has 0 atom stereocenters. The lowest BCUT2D eigenvalue weighted by Gasteiger charge is -2.13. The van der Waals surface area contributed by atoms with Gasteiger partial charge in [-0.25, -0.2) is 4.85 Å². The summed E-state index contributed by atoms with van der Waals surface area (Å²) in [6, 6.07) is 63.8. The van der Waals surface area contributed by atoms with Crippen molar-refractivity contribution in [3.63, 3.8) is 0 Å². The van der Waals surface area contributed by atoms with Gasteiger partial charge in [0.2, 0.25) is 0 Å². The van der Waals surface area contributed by atoms with Gasteiger partial charge < -0.3 is 13.7 Å². The van der Waals surface area contributed by atoms with Crippen molar-refractivity contribution in [3.05, 3.63) is 193 Å². The Morgan fingerprint density at radius 2 is 0.855 bits per heavy atom. The molecule has 254 valence electrons. The molecule has 11 rings (SSSR count). The van der Waals surface area contributed by atoms with Gasteiger partial charge in [-0.1, -0.05) is 97.1 Å². The molecular weight excluding hydrogens is 671 g/mol. The van der Waals surface area contributed by atoms with Crippen LogP contribution in [-0.2, 0) is 0 Å². The molecule has 11 aromatic rings. The van der Waals surface area contributed by atoms with Crippen molar-refractivity contribution in [2.75, 3.05) is 0 Å². The quantitative estimate of drug-likeness (QED) is 0.169. The monoisotopic (exact) mass is 699 g/mol. The molecule has 0 aliphatic carbocycles. The average molecular weight is 700 g/mol. The van der Waals surface area contributed by atoms with Crippen LogP contribution in [-0.4, -0.2) is 13.7 Å². The van der Waals surface area contributed by atoms with E-state index < -0.39 is 0 Å². The van der Waals surface area contributed by atoms with Gasteiger partial charge in [-0.15, -0.1) is 0 Å². The summed E-state index contributed by atoms with van der Waals surface area (Å²) in [6.45, 7) is 7.66. The Labute approximate surface area is 316 Å². The average Bonchev–Trinajstić information content (AvgIpc) is 3.88. The predicted octanol–water partition coefficient (Wildman–Crippen LogP) is 13.1. The third-order valence-electron chi connectivity index (χ3n) is 11.1. The lowest BCUT2D eigenvalue weighted by Crippen LogP contribution is -1.97. The molecule has 0 fully saturated rings. The fraction of sp³-hybridized carbons (Fsp3) is 0. The molecule has 5 heteroatoms. The maximum Gasteiger partial charge on any atom is 0.189 e. The maximum absolute atomic E-state index is 10.3. The first kappa shape index (κ1) is 30.7. The fourth-order valence-corrected chi connectivity index (χ4v) is 8.68. The van der Waals surface area contributed by atoms with Gasteiger partial charge in [0.05, 0.1) is 45.8 Å². The summed E-state index contributed by atoms with van der Waals surface area (Å²) < 4.78 is 6.90. The van der Waals surface area contributed by atoms with E-state index in [0.29, 0.717) is 11.3 Å². The molecule has 5 nitrogen and oxygen atoms in total. The zero-order valence-corrected chi connectivity index (χ0v) is 29.5. The summed E-state index contributed by atoms with van der Waals surface area (Å²) in [7, 11) is 0. The number of nitriles is 1. The molecule has 3 aromatic heterocycles. The van der Waals surface area contributed by atoms with Crippen LogP contribution in [0.4, 0.5) is 5.69 Å². The van der Waals surface area contributed by atoms with Gasteiger partial charge in [-0.3, -0.25) is 0 Å². The zero-order valence-electron chi connectivity index (χ0n) is 29.5. The Morgan fingerprint density at radius 3 is 1.44 bits per heavy atom. The lowest BCUT2D eigenvalue weighted by molar-refractivity contribution is 1.16. The van der Waals surface area contributed by atoms with E-state index in [1.54, 1.807) is 0 Å². The van der Waals surface area contributed by atoms with E-state index in [-0.39, 0.29) is 0 Å². The van der Waals surface area contributed by atoms with Crippen molar-refractivity contribution < 1.29 is 0 Å². The molecule has 0 bridgehead atoms. The van der Waals surface area contributed by atoms with Gasteiger partial charge in [0.1, 0.15) is 0 Å². The Kier molecular flexibility index (Phi) is 6.61. The highest BCUT2D eigenvalue weighted by Gasteiger charge is 2.18. The molecule has 0 amide bonds. The second kappa shape index (κ2) is 11.8. The van der Waals surface area contributed by atoms with Gasteiger partial charge >= 0.3 is 0 Å². The molecule has 0 aliphatic rings.